The van der Waals surface area contributed by atoms with Gasteiger partial charge in [-0.2, -0.15) is 4.98 Å². The molecule has 2 aliphatic carbocycles. The van der Waals surface area contributed by atoms with Gasteiger partial charge < -0.3 is 4.52 Å². The molecule has 116 valence electrons. The van der Waals surface area contributed by atoms with Crippen molar-refractivity contribution in [2.75, 3.05) is 0 Å². The van der Waals surface area contributed by atoms with Crippen molar-refractivity contribution in [2.24, 2.45) is 5.41 Å². The number of aromatic nitrogens is 2. The zero-order chi connectivity index (χ0) is 14.9. The molecule has 0 aromatic carbocycles. The van der Waals surface area contributed by atoms with Crippen molar-refractivity contribution in [3.63, 3.8) is 0 Å². The van der Waals surface area contributed by atoms with Crippen molar-refractivity contribution >= 4 is 5.78 Å². The molecule has 0 N–H and O–H groups in total. The molecular weight excluding hydrogens is 264 g/mol. The fraction of sp³-hybridized carbons (Fsp3) is 0.824. The van der Waals surface area contributed by atoms with Gasteiger partial charge in [-0.25, -0.2) is 0 Å². The van der Waals surface area contributed by atoms with Crippen LogP contribution in [-0.2, 0) is 4.79 Å². The maximum atomic E-state index is 12.2. The summed E-state index contributed by atoms with van der Waals surface area (Å²) in [6.07, 6.45) is 9.46. The summed E-state index contributed by atoms with van der Waals surface area (Å²) >= 11 is 0. The van der Waals surface area contributed by atoms with E-state index in [0.29, 0.717) is 23.6 Å². The summed E-state index contributed by atoms with van der Waals surface area (Å²) in [6, 6.07) is 0. The second-order valence-electron chi connectivity index (χ2n) is 7.55. The average Bonchev–Trinajstić information content (AvgIpc) is 2.82. The van der Waals surface area contributed by atoms with Crippen LogP contribution in [0.15, 0.2) is 4.52 Å². The van der Waals surface area contributed by atoms with Gasteiger partial charge in [-0.3, -0.25) is 4.79 Å². The molecule has 0 saturated heterocycles. The monoisotopic (exact) mass is 290 g/mol. The Morgan fingerprint density at radius 3 is 2.62 bits per heavy atom. The summed E-state index contributed by atoms with van der Waals surface area (Å²) in [5, 5.41) is 4.19. The molecule has 1 atom stereocenters. The molecule has 1 heterocycles. The van der Waals surface area contributed by atoms with E-state index in [2.05, 4.69) is 24.0 Å². The van der Waals surface area contributed by atoms with Gasteiger partial charge in [-0.15, -0.1) is 0 Å². The molecule has 3 rings (SSSR count). The first-order valence-electron chi connectivity index (χ1n) is 8.41. The predicted molar refractivity (Wildman–Crippen MR) is 80.1 cm³/mol. The lowest BCUT2D eigenvalue weighted by atomic mass is 9.73. The molecule has 2 aliphatic rings. The second-order valence-corrected chi connectivity index (χ2v) is 7.55. The van der Waals surface area contributed by atoms with E-state index in [4.69, 9.17) is 4.52 Å². The number of ketones is 1. The van der Waals surface area contributed by atoms with E-state index < -0.39 is 0 Å². The summed E-state index contributed by atoms with van der Waals surface area (Å²) < 4.78 is 5.45. The van der Waals surface area contributed by atoms with E-state index >= 15 is 0 Å². The van der Waals surface area contributed by atoms with Gasteiger partial charge in [0, 0.05) is 12.3 Å². The highest BCUT2D eigenvalue weighted by molar-refractivity contribution is 5.84. The van der Waals surface area contributed by atoms with E-state index in [9.17, 15) is 4.79 Å². The third-order valence-electron chi connectivity index (χ3n) is 5.26. The summed E-state index contributed by atoms with van der Waals surface area (Å²) in [4.78, 5) is 16.8. The molecule has 2 saturated carbocycles. The summed E-state index contributed by atoms with van der Waals surface area (Å²) in [6.45, 7) is 4.66. The Morgan fingerprint density at radius 1 is 1.10 bits per heavy atom. The van der Waals surface area contributed by atoms with Crippen molar-refractivity contribution < 1.29 is 9.32 Å². The molecule has 0 radical (unpaired) electrons. The lowest BCUT2D eigenvalue weighted by Gasteiger charge is -2.32. The van der Waals surface area contributed by atoms with Crippen LogP contribution in [0.5, 0.6) is 0 Å². The molecule has 0 spiro atoms. The van der Waals surface area contributed by atoms with Crippen molar-refractivity contribution in [1.29, 1.82) is 0 Å². The molecule has 2 fully saturated rings. The Bertz CT molecular complexity index is 497. The van der Waals surface area contributed by atoms with Crippen LogP contribution in [-0.4, -0.2) is 15.9 Å². The molecular formula is C17H26N2O2. The van der Waals surface area contributed by atoms with Crippen molar-refractivity contribution in [3.8, 4) is 0 Å². The minimum atomic E-state index is -0.145. The number of nitrogens with zero attached hydrogens (tertiary/aromatic N) is 2. The fourth-order valence-corrected chi connectivity index (χ4v) is 3.63. The lowest BCUT2D eigenvalue weighted by Crippen LogP contribution is -2.20. The molecule has 21 heavy (non-hydrogen) atoms. The Kier molecular flexibility index (Phi) is 4.14. The first-order chi connectivity index (χ1) is 10.1. The highest BCUT2D eigenvalue weighted by atomic mass is 16.5. The first kappa shape index (κ1) is 14.7. The normalized spacial score (nSPS) is 27.5. The fourth-order valence-electron chi connectivity index (χ4n) is 3.63. The van der Waals surface area contributed by atoms with Gasteiger partial charge in [-0.1, -0.05) is 31.8 Å². The van der Waals surface area contributed by atoms with Gasteiger partial charge in [0.15, 0.2) is 5.82 Å². The van der Waals surface area contributed by atoms with Crippen molar-refractivity contribution in [1.82, 2.24) is 10.1 Å². The highest BCUT2D eigenvalue weighted by Gasteiger charge is 2.32. The smallest absolute Gasteiger partial charge is 0.237 e. The van der Waals surface area contributed by atoms with Crippen LogP contribution >= 0.6 is 0 Å². The van der Waals surface area contributed by atoms with Crippen LogP contribution in [0.25, 0.3) is 0 Å². The molecule has 1 aromatic rings. The van der Waals surface area contributed by atoms with E-state index in [1.807, 2.05) is 0 Å². The Hall–Kier alpha value is -1.19. The molecule has 0 amide bonds. The topological polar surface area (TPSA) is 56.0 Å². The number of hydrogen-bond donors (Lipinski definition) is 0. The van der Waals surface area contributed by atoms with Gasteiger partial charge in [0.05, 0.1) is 5.92 Å². The number of carbonyl (C=O) groups is 1. The van der Waals surface area contributed by atoms with Gasteiger partial charge >= 0.3 is 0 Å². The van der Waals surface area contributed by atoms with Crippen molar-refractivity contribution in [3.05, 3.63) is 11.7 Å². The third-order valence-corrected chi connectivity index (χ3v) is 5.26. The number of carbonyl (C=O) groups excluding carboxylic acids is 1. The lowest BCUT2D eigenvalue weighted by molar-refractivity contribution is -0.120. The Morgan fingerprint density at radius 2 is 1.86 bits per heavy atom. The van der Waals surface area contributed by atoms with Gasteiger partial charge in [0.1, 0.15) is 5.78 Å². The second kappa shape index (κ2) is 5.90. The number of rotatable bonds is 2. The van der Waals surface area contributed by atoms with Crippen LogP contribution in [0.4, 0.5) is 0 Å². The van der Waals surface area contributed by atoms with E-state index in [0.717, 1.165) is 44.3 Å². The molecule has 4 heteroatoms. The van der Waals surface area contributed by atoms with Crippen LogP contribution < -0.4 is 0 Å². The van der Waals surface area contributed by atoms with Crippen LogP contribution in [0.3, 0.4) is 0 Å². The number of Topliss-reactive ketones (excluding diaryl/α,β-unsaturated/α-hetero) is 1. The van der Waals surface area contributed by atoms with Crippen LogP contribution in [0, 0.1) is 5.41 Å². The quantitative estimate of drug-likeness (QED) is 0.759. The Labute approximate surface area is 126 Å². The Balaban J connectivity index is 1.70. The number of hydrogen-bond acceptors (Lipinski definition) is 4. The van der Waals surface area contributed by atoms with Gasteiger partial charge in [0.2, 0.25) is 5.89 Å². The minimum Gasteiger partial charge on any atom is -0.339 e. The van der Waals surface area contributed by atoms with Crippen LogP contribution in [0.2, 0.25) is 0 Å². The molecule has 0 bridgehead atoms. The summed E-state index contributed by atoms with van der Waals surface area (Å²) in [7, 11) is 0. The largest absolute Gasteiger partial charge is 0.339 e. The summed E-state index contributed by atoms with van der Waals surface area (Å²) in [5.41, 5.74) is 0.445. The van der Waals surface area contributed by atoms with Gasteiger partial charge in [0.25, 0.3) is 0 Å². The zero-order valence-corrected chi connectivity index (χ0v) is 13.2. The molecule has 4 nitrogen and oxygen atoms in total. The van der Waals surface area contributed by atoms with E-state index in [1.54, 1.807) is 0 Å². The van der Waals surface area contributed by atoms with E-state index in [-0.39, 0.29) is 11.7 Å². The SMILES string of the molecule is CC1(C)CCC(c2noc(C3CCCCCC3=O)n2)CC1. The highest BCUT2D eigenvalue weighted by Crippen LogP contribution is 2.42. The maximum absolute atomic E-state index is 12.2. The van der Waals surface area contributed by atoms with E-state index in [1.165, 1.54) is 12.8 Å². The minimum absolute atomic E-state index is 0.145. The molecule has 1 aromatic heterocycles. The molecule has 1 unspecified atom stereocenters. The zero-order valence-electron chi connectivity index (χ0n) is 13.2. The standard InChI is InChI=1S/C17H26N2O2/c1-17(2)10-8-12(9-11-17)15-18-16(21-19-15)13-6-4-3-5-7-14(13)20/h12-13H,3-11H2,1-2H3. The van der Waals surface area contributed by atoms with Gasteiger partial charge in [-0.05, 0) is 43.9 Å². The molecule has 0 aliphatic heterocycles. The van der Waals surface area contributed by atoms with Crippen LogP contribution in [0.1, 0.15) is 95.2 Å². The van der Waals surface area contributed by atoms with Crippen molar-refractivity contribution in [2.45, 2.75) is 83.5 Å². The maximum Gasteiger partial charge on any atom is 0.237 e. The average molecular weight is 290 g/mol. The third kappa shape index (κ3) is 3.35. The summed E-state index contributed by atoms with van der Waals surface area (Å²) in [5.74, 6) is 1.96. The predicted octanol–water partition coefficient (Wildman–Crippen LogP) is 4.37. The first-order valence-corrected chi connectivity index (χ1v) is 8.41.